The molecule has 0 unspecified atom stereocenters. The second kappa shape index (κ2) is 12.8. The van der Waals surface area contributed by atoms with Crippen LogP contribution in [0.2, 0.25) is 5.02 Å². The molecular formula is C25H28ClF3N4O4. The summed E-state index contributed by atoms with van der Waals surface area (Å²) in [6, 6.07) is 10.5. The molecule has 0 saturated carbocycles. The van der Waals surface area contributed by atoms with Crippen LogP contribution in [0.3, 0.4) is 0 Å². The molecule has 0 aliphatic carbocycles. The molecule has 12 heteroatoms. The minimum Gasteiger partial charge on any atom is -0.481 e. The van der Waals surface area contributed by atoms with E-state index in [9.17, 15) is 18.0 Å². The highest BCUT2D eigenvalue weighted by molar-refractivity contribution is 6.33. The second-order valence-corrected chi connectivity index (χ2v) is 8.94. The number of carbonyl (C=O) groups is 1. The van der Waals surface area contributed by atoms with Crippen LogP contribution in [0.1, 0.15) is 37.8 Å². The molecule has 8 nitrogen and oxygen atoms in total. The van der Waals surface area contributed by atoms with Crippen LogP contribution in [0.25, 0.3) is 11.5 Å². The van der Waals surface area contributed by atoms with E-state index in [1.54, 1.807) is 0 Å². The molecule has 0 fully saturated rings. The van der Waals surface area contributed by atoms with Gasteiger partial charge in [0.05, 0.1) is 28.6 Å². The predicted molar refractivity (Wildman–Crippen MR) is 133 cm³/mol. The average molecular weight is 541 g/mol. The quantitative estimate of drug-likeness (QED) is 0.231. The summed E-state index contributed by atoms with van der Waals surface area (Å²) in [6.07, 6.45) is -3.69. The Morgan fingerprint density at radius 2 is 1.92 bits per heavy atom. The van der Waals surface area contributed by atoms with Gasteiger partial charge in [-0.05, 0) is 41.8 Å². The fourth-order valence-corrected chi connectivity index (χ4v) is 3.66. The topological polar surface area (TPSA) is 110 Å². The summed E-state index contributed by atoms with van der Waals surface area (Å²) in [7, 11) is 0. The number of carboxylic acid groups (broad SMARTS) is 1. The molecule has 0 aliphatic rings. The molecule has 0 bridgehead atoms. The fourth-order valence-electron chi connectivity index (χ4n) is 3.40. The van der Waals surface area contributed by atoms with E-state index in [1.807, 2.05) is 24.3 Å². The maximum Gasteiger partial charge on any atom is 0.416 e. The molecule has 2 aromatic carbocycles. The molecule has 200 valence electrons. The molecular weight excluding hydrogens is 513 g/mol. The Morgan fingerprint density at radius 3 is 2.54 bits per heavy atom. The Balaban J connectivity index is 1.60. The Morgan fingerprint density at radius 1 is 1.19 bits per heavy atom. The van der Waals surface area contributed by atoms with Gasteiger partial charge in [0, 0.05) is 18.8 Å². The lowest BCUT2D eigenvalue weighted by molar-refractivity contribution is -0.138. The number of halogens is 4. The third-order valence-corrected chi connectivity index (χ3v) is 6.11. The fraction of sp³-hybridized carbons (Fsp3) is 0.400. The molecule has 3 rings (SSSR count). The number of nitrogens with zero attached hydrogens (tertiary/aromatic N) is 2. The smallest absolute Gasteiger partial charge is 0.416 e. The first-order chi connectivity index (χ1) is 17.6. The van der Waals surface area contributed by atoms with Crippen LogP contribution >= 0.6 is 11.6 Å². The van der Waals surface area contributed by atoms with Crippen molar-refractivity contribution in [1.29, 1.82) is 0 Å². The zero-order valence-corrected chi connectivity index (χ0v) is 21.1. The number of anilines is 1. The highest BCUT2D eigenvalue weighted by atomic mass is 35.5. The molecule has 0 aliphatic heterocycles. The zero-order valence-electron chi connectivity index (χ0n) is 20.3. The molecule has 0 amide bonds. The number of benzene rings is 2. The molecule has 1 aromatic heterocycles. The summed E-state index contributed by atoms with van der Waals surface area (Å²) < 4.78 is 49.8. The number of aliphatic carboxylic acids is 1. The molecule has 3 N–H and O–H groups in total. The maximum atomic E-state index is 12.9. The van der Waals surface area contributed by atoms with Gasteiger partial charge in [-0.3, -0.25) is 4.79 Å². The van der Waals surface area contributed by atoms with Gasteiger partial charge in [-0.1, -0.05) is 49.1 Å². The van der Waals surface area contributed by atoms with Crippen LogP contribution in [0, 0.1) is 5.92 Å². The summed E-state index contributed by atoms with van der Waals surface area (Å²) >= 11 is 6.01. The highest BCUT2D eigenvalue weighted by Gasteiger charge is 2.31. The van der Waals surface area contributed by atoms with Crippen molar-refractivity contribution in [2.45, 2.75) is 45.5 Å². The number of carboxylic acids is 1. The van der Waals surface area contributed by atoms with Gasteiger partial charge in [0.2, 0.25) is 0 Å². The largest absolute Gasteiger partial charge is 0.481 e. The van der Waals surface area contributed by atoms with E-state index in [0.29, 0.717) is 13.1 Å². The molecule has 0 radical (unpaired) electrons. The summed E-state index contributed by atoms with van der Waals surface area (Å²) in [4.78, 5) is 10.6. The molecule has 0 spiro atoms. The van der Waals surface area contributed by atoms with Gasteiger partial charge >= 0.3 is 18.2 Å². The second-order valence-electron chi connectivity index (χ2n) is 8.53. The first-order valence-electron chi connectivity index (χ1n) is 11.7. The zero-order chi connectivity index (χ0) is 27.0. The van der Waals surface area contributed by atoms with Gasteiger partial charge in [0.15, 0.2) is 0 Å². The summed E-state index contributed by atoms with van der Waals surface area (Å²) in [5.41, 5.74) is 1.20. The van der Waals surface area contributed by atoms with Crippen molar-refractivity contribution < 1.29 is 32.2 Å². The highest BCUT2D eigenvalue weighted by Crippen LogP contribution is 2.35. The predicted octanol–water partition coefficient (Wildman–Crippen LogP) is 5.88. The van der Waals surface area contributed by atoms with Crippen LogP contribution in [-0.4, -0.2) is 40.5 Å². The Bertz CT molecular complexity index is 1170. The average Bonchev–Trinajstić information content (AvgIpc) is 3.32. The number of hydrogen-bond acceptors (Lipinski definition) is 7. The normalized spacial score (nSPS) is 13.2. The van der Waals surface area contributed by atoms with Crippen molar-refractivity contribution in [2.75, 3.05) is 18.5 Å². The third-order valence-electron chi connectivity index (χ3n) is 5.80. The van der Waals surface area contributed by atoms with Gasteiger partial charge in [-0.15, -0.1) is 5.10 Å². The van der Waals surface area contributed by atoms with Gasteiger partial charge in [-0.2, -0.15) is 13.2 Å². The number of ether oxygens (including phenoxy) is 1. The number of alkyl halides is 3. The van der Waals surface area contributed by atoms with Gasteiger partial charge < -0.3 is 24.9 Å². The van der Waals surface area contributed by atoms with Crippen molar-refractivity contribution in [3.05, 3.63) is 58.6 Å². The molecule has 37 heavy (non-hydrogen) atoms. The van der Waals surface area contributed by atoms with Crippen LogP contribution in [0.4, 0.5) is 18.9 Å². The lowest BCUT2D eigenvalue weighted by Crippen LogP contribution is -2.33. The summed E-state index contributed by atoms with van der Waals surface area (Å²) in [5, 5.41) is 22.7. The van der Waals surface area contributed by atoms with Crippen LogP contribution in [0.5, 0.6) is 6.08 Å². The lowest BCUT2D eigenvalue weighted by atomic mass is 9.99. The van der Waals surface area contributed by atoms with Crippen molar-refractivity contribution in [2.24, 2.45) is 5.92 Å². The van der Waals surface area contributed by atoms with Crippen molar-refractivity contribution in [1.82, 2.24) is 15.5 Å². The Hall–Kier alpha value is -3.31. The van der Waals surface area contributed by atoms with Crippen LogP contribution < -0.4 is 15.4 Å². The van der Waals surface area contributed by atoms with Crippen LogP contribution in [0.15, 0.2) is 46.9 Å². The third kappa shape index (κ3) is 8.36. The van der Waals surface area contributed by atoms with E-state index in [4.69, 9.17) is 25.9 Å². The van der Waals surface area contributed by atoms with Gasteiger partial charge in [0.1, 0.15) is 6.61 Å². The molecule has 3 aromatic rings. The SMILES string of the molecule is CC[C@H](C)[C@@H](COc1nnc(-c2ccc(C(F)(F)F)cc2Cl)o1)Nc1ccc(CNCCC(=O)O)cc1. The van der Waals surface area contributed by atoms with Crippen LogP contribution in [-0.2, 0) is 17.5 Å². The monoisotopic (exact) mass is 540 g/mol. The Kier molecular flexibility index (Phi) is 9.76. The van der Waals surface area contributed by atoms with E-state index in [1.165, 1.54) is 6.07 Å². The molecule has 2 atom stereocenters. The number of hydrogen-bond donors (Lipinski definition) is 3. The van der Waals surface area contributed by atoms with E-state index in [2.05, 4.69) is 34.7 Å². The van der Waals surface area contributed by atoms with Gasteiger partial charge in [-0.25, -0.2) is 0 Å². The van der Waals surface area contributed by atoms with Crippen molar-refractivity contribution in [3.8, 4) is 17.5 Å². The standard InChI is InChI=1S/C25H28ClF3N4O4/c1-3-15(2)21(31-18-7-4-16(5-8-18)13-30-11-10-22(34)35)14-36-24-33-32-23(37-24)19-9-6-17(12-20(19)26)25(27,28)29/h4-9,12,15,21,30-31H,3,10-11,13-14H2,1-2H3,(H,34,35)/t15-,21+/m0/s1. The van der Waals surface area contributed by atoms with E-state index in [0.717, 1.165) is 29.8 Å². The van der Waals surface area contributed by atoms with E-state index < -0.39 is 17.7 Å². The van der Waals surface area contributed by atoms with Crippen molar-refractivity contribution in [3.63, 3.8) is 0 Å². The Labute approximate surface area is 217 Å². The van der Waals surface area contributed by atoms with E-state index in [-0.39, 0.29) is 47.5 Å². The summed E-state index contributed by atoms with van der Waals surface area (Å²) in [6.45, 7) is 5.29. The minimum absolute atomic E-state index is 0.0469. The van der Waals surface area contributed by atoms with Crippen molar-refractivity contribution >= 4 is 23.3 Å². The maximum absolute atomic E-state index is 12.9. The first-order valence-corrected chi connectivity index (χ1v) is 12.1. The number of nitrogens with one attached hydrogen (secondary N) is 2. The number of aromatic nitrogens is 2. The first kappa shape index (κ1) is 28.3. The summed E-state index contributed by atoms with van der Waals surface area (Å²) in [5.74, 6) is -0.663. The molecule has 1 heterocycles. The minimum atomic E-state index is -4.51. The van der Waals surface area contributed by atoms with E-state index >= 15 is 0 Å². The lowest BCUT2D eigenvalue weighted by Gasteiger charge is -2.24. The van der Waals surface area contributed by atoms with Gasteiger partial charge in [0.25, 0.3) is 5.89 Å². The number of rotatable bonds is 13. The molecule has 0 saturated heterocycles.